The van der Waals surface area contributed by atoms with Crippen molar-refractivity contribution in [3.8, 4) is 23.3 Å². The molecule has 4 atom stereocenters. The summed E-state index contributed by atoms with van der Waals surface area (Å²) < 4.78 is 12.0. The molecule has 250 valence electrons. The molecule has 0 aromatic heterocycles. The number of ether oxygens (including phenoxy) is 2. The Labute approximate surface area is 268 Å². The highest BCUT2D eigenvalue weighted by Gasteiger charge is 2.33. The van der Waals surface area contributed by atoms with Crippen LogP contribution in [0.25, 0.3) is 0 Å². The summed E-state index contributed by atoms with van der Waals surface area (Å²) in [6.45, 7) is 5.37. The predicted molar refractivity (Wildman–Crippen MR) is 175 cm³/mol. The van der Waals surface area contributed by atoms with Crippen LogP contribution in [0.4, 0.5) is 0 Å². The average molecular weight is 627 g/mol. The molecule has 10 heteroatoms. The van der Waals surface area contributed by atoms with Crippen molar-refractivity contribution < 1.29 is 29.6 Å². The molecule has 45 heavy (non-hydrogen) atoms. The second kappa shape index (κ2) is 17.1. The number of nitrogens with one attached hydrogen (secondary N) is 2. The molecular formula is C35H54N4O6. The molecule has 2 fully saturated rings. The molecule has 7 N–H and O–H groups in total. The smallest absolute Gasteiger partial charge is 0.302 e. The van der Waals surface area contributed by atoms with Gasteiger partial charge >= 0.3 is 5.97 Å². The van der Waals surface area contributed by atoms with Crippen LogP contribution in [0.1, 0.15) is 102 Å². The number of benzene rings is 1. The van der Waals surface area contributed by atoms with Crippen molar-refractivity contribution in [1.29, 1.82) is 0 Å². The number of hydrogen-bond donors (Lipinski definition) is 6. The van der Waals surface area contributed by atoms with Gasteiger partial charge in [-0.25, -0.2) is 0 Å². The zero-order valence-electron chi connectivity index (χ0n) is 27.2. The maximum Gasteiger partial charge on any atom is 0.302 e. The summed E-state index contributed by atoms with van der Waals surface area (Å²) in [4.78, 5) is 16.9. The maximum atomic E-state index is 12.2. The van der Waals surface area contributed by atoms with E-state index in [1.54, 1.807) is 12.1 Å². The number of nitrogens with zero attached hydrogens (tertiary/aromatic N) is 1. The number of aliphatic imine (C=N–C) groups is 1. The number of aliphatic hydroxyl groups is 2. The predicted octanol–water partition coefficient (Wildman–Crippen LogP) is 3.68. The molecule has 0 bridgehead atoms. The molecule has 3 aliphatic rings. The van der Waals surface area contributed by atoms with Crippen molar-refractivity contribution in [2.45, 2.75) is 128 Å². The van der Waals surface area contributed by atoms with Crippen LogP contribution < -0.4 is 21.1 Å². The summed E-state index contributed by atoms with van der Waals surface area (Å²) in [6, 6.07) is 3.72. The van der Waals surface area contributed by atoms with Gasteiger partial charge in [-0.3, -0.25) is 9.79 Å². The number of hydrogen-bond acceptors (Lipinski definition) is 8. The van der Waals surface area contributed by atoms with Gasteiger partial charge in [-0.15, -0.1) is 5.92 Å². The van der Waals surface area contributed by atoms with Gasteiger partial charge in [0.15, 0.2) is 17.5 Å². The fourth-order valence-electron chi connectivity index (χ4n) is 6.84. The van der Waals surface area contributed by atoms with Crippen molar-refractivity contribution in [3.63, 3.8) is 0 Å². The molecule has 1 heterocycles. The quantitative estimate of drug-likeness (QED) is 0.0986. The number of carbonyl (C=O) groups excluding carboxylic acids is 1. The van der Waals surface area contributed by atoms with Gasteiger partial charge in [-0.05, 0) is 87.7 Å². The highest BCUT2D eigenvalue weighted by Crippen LogP contribution is 2.36. The highest BCUT2D eigenvalue weighted by atomic mass is 16.5. The first-order valence-corrected chi connectivity index (χ1v) is 16.9. The second-order valence-electron chi connectivity index (χ2n) is 13.2. The zero-order chi connectivity index (χ0) is 32.2. The van der Waals surface area contributed by atoms with Crippen LogP contribution in [0, 0.1) is 23.2 Å². The minimum atomic E-state index is -0.694. The van der Waals surface area contributed by atoms with Gasteiger partial charge in [0.05, 0.1) is 24.7 Å². The van der Waals surface area contributed by atoms with Gasteiger partial charge in [0.2, 0.25) is 0 Å². The third kappa shape index (κ3) is 10.5. The van der Waals surface area contributed by atoms with E-state index in [2.05, 4.69) is 29.4 Å². The second-order valence-corrected chi connectivity index (χ2v) is 13.2. The minimum absolute atomic E-state index is 0.00910. The van der Waals surface area contributed by atoms with Gasteiger partial charge in [0.25, 0.3) is 0 Å². The van der Waals surface area contributed by atoms with Crippen LogP contribution in [0.15, 0.2) is 17.1 Å². The van der Waals surface area contributed by atoms with E-state index in [1.807, 2.05) is 0 Å². The van der Waals surface area contributed by atoms with Crippen LogP contribution in [-0.4, -0.2) is 71.2 Å². The number of rotatable bonds is 10. The Morgan fingerprint density at radius 3 is 2.60 bits per heavy atom. The number of nitrogens with two attached hydrogens (primary N) is 1. The summed E-state index contributed by atoms with van der Waals surface area (Å²) in [6.07, 6.45) is 9.34. The Bertz CT molecular complexity index is 1200. The zero-order valence-corrected chi connectivity index (χ0v) is 27.2. The first-order chi connectivity index (χ1) is 21.7. The maximum absolute atomic E-state index is 12.2. The van der Waals surface area contributed by atoms with E-state index in [1.165, 1.54) is 26.2 Å². The van der Waals surface area contributed by atoms with Gasteiger partial charge in [-0.2, -0.15) is 0 Å². The van der Waals surface area contributed by atoms with Crippen LogP contribution in [-0.2, 0) is 22.6 Å². The van der Waals surface area contributed by atoms with Crippen LogP contribution in [0.3, 0.4) is 0 Å². The molecule has 10 nitrogen and oxygen atoms in total. The first kappa shape index (κ1) is 34.9. The number of piperidine rings is 1. The molecule has 0 radical (unpaired) electrons. The monoisotopic (exact) mass is 626 g/mol. The lowest BCUT2D eigenvalue weighted by Crippen LogP contribution is -2.41. The van der Waals surface area contributed by atoms with E-state index < -0.39 is 23.6 Å². The van der Waals surface area contributed by atoms with Crippen molar-refractivity contribution >= 4 is 11.9 Å². The lowest BCUT2D eigenvalue weighted by Gasteiger charge is -2.32. The first-order valence-electron chi connectivity index (χ1n) is 16.9. The third-order valence-corrected chi connectivity index (χ3v) is 9.72. The molecule has 0 spiro atoms. The third-order valence-electron chi connectivity index (χ3n) is 9.72. The number of phenolic OH excluding ortho intramolecular Hbond substituents is 1. The fourth-order valence-corrected chi connectivity index (χ4v) is 6.84. The topological polar surface area (TPSA) is 159 Å². The van der Waals surface area contributed by atoms with Crippen molar-refractivity contribution in [3.05, 3.63) is 23.3 Å². The molecular weight excluding hydrogens is 572 g/mol. The summed E-state index contributed by atoms with van der Waals surface area (Å²) in [7, 11) is 0. The average Bonchev–Trinajstić information content (AvgIpc) is 3.03. The molecule has 0 unspecified atom stereocenters. The van der Waals surface area contributed by atoms with E-state index >= 15 is 0 Å². The number of carbonyl (C=O) groups is 1. The van der Waals surface area contributed by atoms with Crippen LogP contribution in [0.2, 0.25) is 0 Å². The van der Waals surface area contributed by atoms with E-state index in [0.29, 0.717) is 55.5 Å². The minimum Gasteiger partial charge on any atom is -0.504 e. The molecule has 1 saturated heterocycles. The Kier molecular flexibility index (Phi) is 13.2. The molecule has 4 rings (SSSR count). The van der Waals surface area contributed by atoms with Gasteiger partial charge in [0, 0.05) is 31.7 Å². The Hall–Kier alpha value is -3.00. The van der Waals surface area contributed by atoms with Gasteiger partial charge in [0.1, 0.15) is 12.2 Å². The molecule has 1 aromatic rings. The van der Waals surface area contributed by atoms with Crippen molar-refractivity contribution in [1.82, 2.24) is 10.6 Å². The van der Waals surface area contributed by atoms with Crippen molar-refractivity contribution in [2.75, 3.05) is 19.6 Å². The summed E-state index contributed by atoms with van der Waals surface area (Å²) in [5.41, 5.74) is 7.24. The van der Waals surface area contributed by atoms with Gasteiger partial charge < -0.3 is 41.2 Å². The largest absolute Gasteiger partial charge is 0.504 e. The molecule has 1 saturated carbocycles. The molecule has 1 aromatic carbocycles. The van der Waals surface area contributed by atoms with Crippen LogP contribution >= 0.6 is 0 Å². The lowest BCUT2D eigenvalue weighted by molar-refractivity contribution is -0.151. The number of aromatic hydroxyl groups is 1. The summed E-state index contributed by atoms with van der Waals surface area (Å²) in [5.74, 6) is 7.08. The molecule has 1 aliphatic heterocycles. The highest BCUT2D eigenvalue weighted by molar-refractivity contribution is 5.78. The number of aliphatic hydroxyl groups excluding tert-OH is 2. The van der Waals surface area contributed by atoms with E-state index in [-0.39, 0.29) is 30.8 Å². The number of phenols is 1. The number of guanidine groups is 1. The Morgan fingerprint density at radius 1 is 1.16 bits per heavy atom. The SMILES string of the molecule is CC[C@@]1(CN=C(N)NC2CCCCC2)C#CC[C@H](Cc2cc(OC3CCNCC3)c(O)cc2CO)[C@@H](OC(C)=O)C[C@@H](O)CC1. The van der Waals surface area contributed by atoms with E-state index in [4.69, 9.17) is 20.2 Å². The normalized spacial score (nSPS) is 27.2. The number of esters is 1. The summed E-state index contributed by atoms with van der Waals surface area (Å²) in [5, 5.41) is 38.8. The van der Waals surface area contributed by atoms with Crippen LogP contribution in [0.5, 0.6) is 11.5 Å². The lowest BCUT2D eigenvalue weighted by atomic mass is 9.77. The fraction of sp³-hybridized carbons (Fsp3) is 0.714. The Balaban J connectivity index is 1.58. The Morgan fingerprint density at radius 2 is 1.91 bits per heavy atom. The van der Waals surface area contributed by atoms with E-state index in [9.17, 15) is 20.1 Å². The molecule has 2 aliphatic carbocycles. The van der Waals surface area contributed by atoms with Crippen molar-refractivity contribution in [2.24, 2.45) is 22.1 Å². The standard InChI is InChI=1S/C35H54N4O6/c1-3-35(23-38-34(36)39-28-9-5-4-6-10-28)14-7-8-25(32(44-24(2)41)21-29(42)11-15-35)18-26-20-33(31(43)19-27(26)22-40)45-30-12-16-37-17-13-30/h19-20,25,28-30,32,37,40,42-43H,3-6,8-13,15-18,21-23H2,1-2H3,(H3,36,38,39)/t25-,29+,32+,35-/m1/s1. The van der Waals surface area contributed by atoms with Gasteiger partial charge in [-0.1, -0.05) is 32.1 Å². The van der Waals surface area contributed by atoms with E-state index in [0.717, 1.165) is 50.8 Å². The molecule has 0 amide bonds. The summed E-state index contributed by atoms with van der Waals surface area (Å²) >= 11 is 0.